The molecule has 11 atom stereocenters. The number of unbranched alkanes of at least 4 members (excludes halogenated alkanes) is 1. The first-order chi connectivity index (χ1) is 34.3. The first-order valence-corrected chi connectivity index (χ1v) is 25.4. The van der Waals surface area contributed by atoms with Gasteiger partial charge in [-0.3, -0.25) is 48.1 Å². The smallest absolute Gasteiger partial charge is 0.326 e. The minimum atomic E-state index is -1.82. The number of carbonyl (C=O) groups is 10. The predicted molar refractivity (Wildman–Crippen MR) is 271 cm³/mol. The van der Waals surface area contributed by atoms with E-state index in [9.17, 15) is 73.5 Å². The van der Waals surface area contributed by atoms with Gasteiger partial charge >= 0.3 is 5.97 Å². The predicted octanol–water partition coefficient (Wildman–Crippen LogP) is -7.95. The van der Waals surface area contributed by atoms with Crippen molar-refractivity contribution in [2.45, 2.75) is 139 Å². The molecule has 29 nitrogen and oxygen atoms in total. The monoisotopic (exact) mass is 1080 g/mol. The van der Waals surface area contributed by atoms with Gasteiger partial charge in [0.2, 0.25) is 53.2 Å². The van der Waals surface area contributed by atoms with E-state index in [1.54, 1.807) is 20.1 Å². The normalized spacial score (nSPS) is 15.6. The second kappa shape index (κ2) is 36.4. The van der Waals surface area contributed by atoms with E-state index >= 15 is 0 Å². The Morgan fingerprint density at radius 3 is 1.45 bits per heavy atom. The maximum atomic E-state index is 13.5. The van der Waals surface area contributed by atoms with Crippen LogP contribution in [0.1, 0.15) is 72.6 Å². The van der Waals surface area contributed by atoms with Crippen molar-refractivity contribution in [1.82, 2.24) is 47.9 Å². The summed E-state index contributed by atoms with van der Waals surface area (Å²) in [5.74, 6) is -10.8. The molecule has 0 bridgehead atoms. The fourth-order valence-corrected chi connectivity index (χ4v) is 7.08. The zero-order chi connectivity index (χ0) is 56.0. The fourth-order valence-electron chi connectivity index (χ4n) is 6.35. The average Bonchev–Trinajstić information content (AvgIpc) is 3.33. The van der Waals surface area contributed by atoms with E-state index in [0.29, 0.717) is 25.8 Å². The van der Waals surface area contributed by atoms with Crippen LogP contribution in [0.15, 0.2) is 4.99 Å². The summed E-state index contributed by atoms with van der Waals surface area (Å²) in [5.41, 5.74) is 22.0. The summed E-state index contributed by atoms with van der Waals surface area (Å²) < 4.78 is 0. The molecule has 0 radical (unpaired) electrons. The molecule has 0 saturated carbocycles. The van der Waals surface area contributed by atoms with Crippen molar-refractivity contribution in [3.63, 3.8) is 0 Å². The quantitative estimate of drug-likeness (QED) is 0.0119. The molecule has 0 heterocycles. The summed E-state index contributed by atoms with van der Waals surface area (Å²) in [5, 5.41) is 70.7. The van der Waals surface area contributed by atoms with Crippen molar-refractivity contribution >= 4 is 89.5 Å². The number of aliphatic carboxylic acids is 1. The highest BCUT2D eigenvalue weighted by Crippen LogP contribution is 2.09. The van der Waals surface area contributed by atoms with Gasteiger partial charge in [0.05, 0.1) is 32.0 Å². The number of nitrogens with one attached hydrogen (secondary N) is 9. The van der Waals surface area contributed by atoms with Crippen LogP contribution in [0.3, 0.4) is 0 Å². The van der Waals surface area contributed by atoms with Crippen LogP contribution in [-0.2, 0) is 47.9 Å². The number of hydrogen-bond donors (Lipinski definition) is 19. The molecule has 0 unspecified atom stereocenters. The maximum absolute atomic E-state index is 13.5. The summed E-state index contributed by atoms with van der Waals surface area (Å²) in [6.07, 6.45) is 1.87. The molecule has 0 aromatic rings. The lowest BCUT2D eigenvalue weighted by molar-refractivity contribution is -0.142. The molecule has 0 aliphatic heterocycles. The Morgan fingerprint density at radius 1 is 0.562 bits per heavy atom. The van der Waals surface area contributed by atoms with Gasteiger partial charge in [0.15, 0.2) is 5.96 Å². The molecule has 0 aromatic carbocycles. The molecular formula is C42H78N14O15S2. The van der Waals surface area contributed by atoms with Crippen LogP contribution < -0.4 is 70.8 Å². The van der Waals surface area contributed by atoms with E-state index < -0.39 is 151 Å². The maximum Gasteiger partial charge on any atom is 0.326 e. The number of amides is 9. The second-order valence-corrected chi connectivity index (χ2v) is 18.6. The topological polar surface area (TPSA) is 497 Å². The highest BCUT2D eigenvalue weighted by atomic mass is 32.2. The average molecular weight is 1080 g/mol. The zero-order valence-electron chi connectivity index (χ0n) is 41.8. The van der Waals surface area contributed by atoms with Crippen molar-refractivity contribution in [2.75, 3.05) is 50.7 Å². The van der Waals surface area contributed by atoms with E-state index in [2.05, 4.69) is 65.5 Å². The van der Waals surface area contributed by atoms with Crippen LogP contribution >= 0.6 is 24.4 Å². The van der Waals surface area contributed by atoms with Crippen molar-refractivity contribution < 1.29 is 73.5 Å². The molecule has 9 amide bonds. The van der Waals surface area contributed by atoms with E-state index in [4.69, 9.17) is 22.9 Å². The number of aliphatic imine (C=N–C) groups is 1. The number of rotatable bonds is 37. The van der Waals surface area contributed by atoms with Gasteiger partial charge in [-0.15, -0.1) is 0 Å². The van der Waals surface area contributed by atoms with Crippen LogP contribution in [0.25, 0.3) is 0 Å². The molecule has 0 saturated heterocycles. The van der Waals surface area contributed by atoms with Crippen LogP contribution in [0.2, 0.25) is 0 Å². The number of carbonyl (C=O) groups excluding carboxylic acids is 9. The number of nitrogens with two attached hydrogens (primary N) is 4. The van der Waals surface area contributed by atoms with E-state index in [-0.39, 0.29) is 49.9 Å². The highest BCUT2D eigenvalue weighted by Gasteiger charge is 2.35. The highest BCUT2D eigenvalue weighted by molar-refractivity contribution is 7.98. The van der Waals surface area contributed by atoms with Gasteiger partial charge in [-0.05, 0) is 76.8 Å². The summed E-state index contributed by atoms with van der Waals surface area (Å²) >= 11 is 5.31. The lowest BCUT2D eigenvalue weighted by atomic mass is 10.0. The Morgan fingerprint density at radius 2 is 1.01 bits per heavy atom. The molecule has 0 aliphatic carbocycles. The molecule has 73 heavy (non-hydrogen) atoms. The van der Waals surface area contributed by atoms with Crippen molar-refractivity contribution in [3.05, 3.63) is 0 Å². The number of thioether (sulfide) groups is 1. The minimum absolute atomic E-state index is 0.0420. The van der Waals surface area contributed by atoms with E-state index in [1.807, 2.05) is 0 Å². The number of thiol groups is 1. The van der Waals surface area contributed by atoms with Crippen LogP contribution in [0.4, 0.5) is 0 Å². The van der Waals surface area contributed by atoms with Crippen LogP contribution in [-0.4, -0.2) is 208 Å². The Bertz CT molecular complexity index is 1850. The van der Waals surface area contributed by atoms with Gasteiger partial charge in [-0.1, -0.05) is 20.3 Å². The molecule has 22 N–H and O–H groups in total. The van der Waals surface area contributed by atoms with Gasteiger partial charge in [-0.2, -0.15) is 24.4 Å². The molecular weight excluding hydrogens is 1000 g/mol. The first kappa shape index (κ1) is 67.4. The van der Waals surface area contributed by atoms with Gasteiger partial charge < -0.3 is 96.3 Å². The Kier molecular flexibility index (Phi) is 33.6. The van der Waals surface area contributed by atoms with Crippen molar-refractivity contribution in [3.8, 4) is 0 Å². The first-order valence-electron chi connectivity index (χ1n) is 23.4. The van der Waals surface area contributed by atoms with Gasteiger partial charge in [0.1, 0.15) is 54.4 Å². The van der Waals surface area contributed by atoms with Gasteiger partial charge in [-0.25, -0.2) is 4.79 Å². The summed E-state index contributed by atoms with van der Waals surface area (Å²) in [7, 11) is 0. The van der Waals surface area contributed by atoms with Crippen LogP contribution in [0.5, 0.6) is 0 Å². The molecule has 0 fully saturated rings. The molecule has 31 heteroatoms. The zero-order valence-corrected chi connectivity index (χ0v) is 43.5. The van der Waals surface area contributed by atoms with Crippen LogP contribution in [0, 0.1) is 5.92 Å². The number of carboxylic acids is 1. The van der Waals surface area contributed by atoms with Crippen molar-refractivity contribution in [1.29, 1.82) is 0 Å². The number of aliphatic hydroxyl groups is 4. The number of carboxylic acid groups (broad SMARTS) is 1. The van der Waals surface area contributed by atoms with Gasteiger partial charge in [0.25, 0.3) is 0 Å². The number of guanidine groups is 1. The minimum Gasteiger partial charge on any atom is -0.480 e. The standard InChI is InChI=1S/C42H78N14O15S2/c1-20(2)15-26(51-33(62)23(44)9-6-7-12-43)35(64)56-31(22(4)60)40(69)48-21(3)32(61)49-24(11-14-73-5)34(63)52-28(17-58)37(66)53-29(18-59)38(67)55-30(19-72)39(68)54-27(16-57)36(65)50-25(41(70)71)10-8-13-47-42(45)46/h20-31,57-60,72H,6-19,43-44H2,1-5H3,(H,48,69)(H,49,61)(H,50,65)(H,51,62)(H,52,63)(H,53,66)(H,54,68)(H,55,67)(H,56,64)(H,70,71)(H4,45,46,47)/t21-,22+,23-,24-,25-,26-,27-,28-,29-,30-,31-/m0/s1. The Labute approximate surface area is 433 Å². The number of nitrogens with zero attached hydrogens (tertiary/aromatic N) is 1. The summed E-state index contributed by atoms with van der Waals surface area (Å²) in [6.45, 7) is 3.38. The fraction of sp³-hybridized carbons (Fsp3) is 0.738. The van der Waals surface area contributed by atoms with Crippen molar-refractivity contribution in [2.24, 2.45) is 33.8 Å². The lowest BCUT2D eigenvalue weighted by Gasteiger charge is -2.28. The third-order valence-corrected chi connectivity index (χ3v) is 11.5. The van der Waals surface area contributed by atoms with Gasteiger partial charge in [0, 0.05) is 12.3 Å². The second-order valence-electron chi connectivity index (χ2n) is 17.2. The number of hydrogen-bond acceptors (Lipinski definition) is 19. The van der Waals surface area contributed by atoms with E-state index in [0.717, 1.165) is 0 Å². The summed E-state index contributed by atoms with van der Waals surface area (Å²) in [4.78, 5) is 134. The molecule has 418 valence electrons. The molecule has 0 aromatic heterocycles. The SMILES string of the molecule is CSCC[C@H](NC(=O)[C@H](C)NC(=O)[C@@H](NC(=O)[C@H](CC(C)C)NC(=O)[C@@H](N)CCCCN)[C@@H](C)O)C(=O)N[C@@H](CO)C(=O)N[C@@H](CO)C(=O)N[C@@H](CS)C(=O)N[C@@H](CO)C(=O)N[C@@H](CCCN=C(N)N)C(=O)O. The molecule has 0 aliphatic rings. The van der Waals surface area contributed by atoms with E-state index in [1.165, 1.54) is 25.6 Å². The number of aliphatic hydroxyl groups excluding tert-OH is 4. The summed E-state index contributed by atoms with van der Waals surface area (Å²) in [6, 6.07) is -14.8. The Balaban J connectivity index is 5.84. The third kappa shape index (κ3) is 26.3. The Hall–Kier alpha value is -5.57. The lowest BCUT2D eigenvalue weighted by Crippen LogP contribution is -2.62. The molecule has 0 rings (SSSR count). The third-order valence-electron chi connectivity index (χ3n) is 10.5. The molecule has 0 spiro atoms. The largest absolute Gasteiger partial charge is 0.480 e.